The number of halogens is 6. The zero-order chi connectivity index (χ0) is 10.2. The number of alkyl halides is 3. The molecule has 0 aliphatic heterocycles. The van der Waals surface area contributed by atoms with Crippen LogP contribution in [-0.2, 0) is 6.18 Å². The van der Waals surface area contributed by atoms with Gasteiger partial charge in [0.1, 0.15) is 0 Å². The second-order valence-electron chi connectivity index (χ2n) is 2.25. The first-order valence-electron chi connectivity index (χ1n) is 3.04. The predicted octanol–water partition coefficient (Wildman–Crippen LogP) is 4.73. The average Bonchev–Trinajstić information content (AvgIpc) is 1.94. The number of rotatable bonds is 0. The summed E-state index contributed by atoms with van der Waals surface area (Å²) in [6.45, 7) is 0. The molecule has 0 aromatic heterocycles. The van der Waals surface area contributed by atoms with E-state index in [1.165, 1.54) is 6.07 Å². The number of hydrogen-bond donors (Lipinski definition) is 0. The fourth-order valence-electron chi connectivity index (χ4n) is 0.762. The van der Waals surface area contributed by atoms with Gasteiger partial charge >= 0.3 is 6.18 Å². The van der Waals surface area contributed by atoms with Crippen LogP contribution in [-0.4, -0.2) is 0 Å². The van der Waals surface area contributed by atoms with Crippen LogP contribution in [0.5, 0.6) is 0 Å². The molecule has 72 valence electrons. The summed E-state index contributed by atoms with van der Waals surface area (Å²) in [6.07, 6.45) is -4.36. The summed E-state index contributed by atoms with van der Waals surface area (Å²) in [7, 11) is 0. The molecular weight excluding hydrogens is 383 g/mol. The zero-order valence-corrected chi connectivity index (χ0v) is 10.4. The van der Waals surface area contributed by atoms with Crippen LogP contribution in [0.25, 0.3) is 0 Å². The Balaban J connectivity index is 3.37. The molecule has 0 amide bonds. The Morgan fingerprint density at radius 1 is 1.31 bits per heavy atom. The van der Waals surface area contributed by atoms with Crippen molar-refractivity contribution in [2.75, 3.05) is 0 Å². The smallest absolute Gasteiger partial charge is 0.166 e. The predicted molar refractivity (Wildman–Crippen MR) is 56.9 cm³/mol. The summed E-state index contributed by atoms with van der Waals surface area (Å²) < 4.78 is 37.3. The minimum absolute atomic E-state index is 0.0231. The van der Waals surface area contributed by atoms with Crippen molar-refractivity contribution in [2.24, 2.45) is 0 Å². The molecule has 1 rings (SSSR count). The number of hydrogen-bond acceptors (Lipinski definition) is 0. The fourth-order valence-corrected chi connectivity index (χ4v) is 2.19. The van der Waals surface area contributed by atoms with E-state index in [4.69, 9.17) is 11.6 Å². The van der Waals surface area contributed by atoms with Gasteiger partial charge in [-0.05, 0) is 34.7 Å². The highest BCUT2D eigenvalue weighted by molar-refractivity contribution is 14.1. The lowest BCUT2D eigenvalue weighted by Crippen LogP contribution is -2.07. The maximum Gasteiger partial charge on any atom is 0.417 e. The van der Waals surface area contributed by atoms with Crippen LogP contribution >= 0.6 is 50.1 Å². The van der Waals surface area contributed by atoms with Crippen molar-refractivity contribution < 1.29 is 13.2 Å². The first kappa shape index (κ1) is 11.6. The maximum atomic E-state index is 12.3. The van der Waals surface area contributed by atoms with Crippen molar-refractivity contribution in [1.29, 1.82) is 0 Å². The SMILES string of the molecule is FC(F)(F)c1cc(Br)cc(Cl)c1I. The molecule has 1 aromatic carbocycles. The molecule has 0 radical (unpaired) electrons. The summed E-state index contributed by atoms with van der Waals surface area (Å²) in [5, 5.41) is 0.0994. The normalized spacial score (nSPS) is 11.8. The maximum absolute atomic E-state index is 12.3. The molecular formula is C7H2BrClF3I. The second kappa shape index (κ2) is 3.94. The molecule has 0 saturated heterocycles. The van der Waals surface area contributed by atoms with E-state index in [0.717, 1.165) is 6.07 Å². The molecule has 0 heterocycles. The Morgan fingerprint density at radius 3 is 2.31 bits per heavy atom. The van der Waals surface area contributed by atoms with Crippen LogP contribution in [0.3, 0.4) is 0 Å². The monoisotopic (exact) mass is 384 g/mol. The van der Waals surface area contributed by atoms with E-state index in [1.807, 2.05) is 0 Å². The van der Waals surface area contributed by atoms with E-state index in [-0.39, 0.29) is 8.59 Å². The van der Waals surface area contributed by atoms with Crippen molar-refractivity contribution in [2.45, 2.75) is 6.18 Å². The van der Waals surface area contributed by atoms with Crippen molar-refractivity contribution in [3.8, 4) is 0 Å². The summed E-state index contributed by atoms with van der Waals surface area (Å²) in [6, 6.07) is 2.44. The minimum atomic E-state index is -4.36. The van der Waals surface area contributed by atoms with Crippen molar-refractivity contribution in [3.05, 3.63) is 30.8 Å². The van der Waals surface area contributed by atoms with Crippen molar-refractivity contribution in [3.63, 3.8) is 0 Å². The van der Waals surface area contributed by atoms with Crippen LogP contribution in [0.15, 0.2) is 16.6 Å². The lowest BCUT2D eigenvalue weighted by atomic mass is 10.2. The third kappa shape index (κ3) is 2.73. The van der Waals surface area contributed by atoms with Gasteiger partial charge in [-0.3, -0.25) is 0 Å². The Bertz CT molecular complexity index is 337. The molecule has 0 N–H and O–H groups in total. The van der Waals surface area contributed by atoms with Gasteiger partial charge in [0.15, 0.2) is 0 Å². The van der Waals surface area contributed by atoms with E-state index in [0.29, 0.717) is 4.47 Å². The third-order valence-corrected chi connectivity index (χ3v) is 3.54. The molecule has 0 fully saturated rings. The standard InChI is InChI=1S/C7H2BrClF3I/c8-3-1-4(7(10,11)12)6(13)5(9)2-3/h1-2H. The van der Waals surface area contributed by atoms with Gasteiger partial charge < -0.3 is 0 Å². The van der Waals surface area contributed by atoms with Crippen LogP contribution in [0.4, 0.5) is 13.2 Å². The second-order valence-corrected chi connectivity index (χ2v) is 4.65. The molecule has 0 bridgehead atoms. The Kier molecular flexibility index (Phi) is 3.51. The summed E-state index contributed by atoms with van der Waals surface area (Å²) in [5.74, 6) is 0. The highest BCUT2D eigenvalue weighted by atomic mass is 127. The Labute approximate surface area is 99.7 Å². The molecule has 0 nitrogen and oxygen atoms in total. The van der Waals surface area contributed by atoms with Crippen LogP contribution in [0, 0.1) is 3.57 Å². The average molecular weight is 385 g/mol. The van der Waals surface area contributed by atoms with E-state index >= 15 is 0 Å². The molecule has 0 atom stereocenters. The summed E-state index contributed by atoms with van der Waals surface area (Å²) >= 11 is 10.1. The molecule has 0 aliphatic carbocycles. The van der Waals surface area contributed by atoms with Crippen LogP contribution in [0.1, 0.15) is 5.56 Å². The van der Waals surface area contributed by atoms with E-state index in [9.17, 15) is 13.2 Å². The third-order valence-electron chi connectivity index (χ3n) is 1.30. The lowest BCUT2D eigenvalue weighted by Gasteiger charge is -2.10. The molecule has 0 saturated carbocycles. The molecule has 13 heavy (non-hydrogen) atoms. The quantitative estimate of drug-likeness (QED) is 0.448. The van der Waals surface area contributed by atoms with Gasteiger partial charge in [0.05, 0.1) is 10.6 Å². The summed E-state index contributed by atoms with van der Waals surface area (Å²) in [5.41, 5.74) is -0.715. The minimum Gasteiger partial charge on any atom is -0.166 e. The molecule has 1 aromatic rings. The molecule has 0 aliphatic rings. The van der Waals surface area contributed by atoms with E-state index in [1.54, 1.807) is 22.6 Å². The van der Waals surface area contributed by atoms with E-state index in [2.05, 4.69) is 15.9 Å². The first-order valence-corrected chi connectivity index (χ1v) is 5.29. The van der Waals surface area contributed by atoms with Crippen LogP contribution < -0.4 is 0 Å². The van der Waals surface area contributed by atoms with Crippen LogP contribution in [0.2, 0.25) is 5.02 Å². The highest BCUT2D eigenvalue weighted by Crippen LogP contribution is 2.37. The fraction of sp³-hybridized carbons (Fsp3) is 0.143. The van der Waals surface area contributed by atoms with Gasteiger partial charge in [0, 0.05) is 8.04 Å². The van der Waals surface area contributed by atoms with E-state index < -0.39 is 11.7 Å². The van der Waals surface area contributed by atoms with Gasteiger partial charge in [-0.15, -0.1) is 0 Å². The zero-order valence-electron chi connectivity index (χ0n) is 5.92. The van der Waals surface area contributed by atoms with Gasteiger partial charge in [0.2, 0.25) is 0 Å². The largest absolute Gasteiger partial charge is 0.417 e. The molecule has 0 spiro atoms. The molecule has 6 heteroatoms. The first-order chi connectivity index (χ1) is 5.82. The van der Waals surface area contributed by atoms with Gasteiger partial charge in [-0.2, -0.15) is 13.2 Å². The van der Waals surface area contributed by atoms with Crippen molar-refractivity contribution in [1.82, 2.24) is 0 Å². The topological polar surface area (TPSA) is 0 Å². The Morgan fingerprint density at radius 2 is 1.85 bits per heavy atom. The van der Waals surface area contributed by atoms with Gasteiger partial charge in [0.25, 0.3) is 0 Å². The lowest BCUT2D eigenvalue weighted by molar-refractivity contribution is -0.138. The van der Waals surface area contributed by atoms with Crippen molar-refractivity contribution >= 4 is 50.1 Å². The van der Waals surface area contributed by atoms with Gasteiger partial charge in [-0.25, -0.2) is 0 Å². The highest BCUT2D eigenvalue weighted by Gasteiger charge is 2.34. The summed E-state index contributed by atoms with van der Waals surface area (Å²) in [4.78, 5) is 0. The Hall–Kier alpha value is 0.510. The van der Waals surface area contributed by atoms with Gasteiger partial charge in [-0.1, -0.05) is 27.5 Å². The molecule has 0 unspecified atom stereocenters. The number of benzene rings is 1.